The van der Waals surface area contributed by atoms with Gasteiger partial charge in [-0.2, -0.15) is 0 Å². The third kappa shape index (κ3) is 4.22. The molecular formula is C22H18ClN3O3S. The molecular weight excluding hydrogens is 422 g/mol. The Kier molecular flexibility index (Phi) is 5.83. The largest absolute Gasteiger partial charge is 0.497 e. The van der Waals surface area contributed by atoms with Crippen molar-refractivity contribution in [1.82, 2.24) is 9.97 Å². The van der Waals surface area contributed by atoms with Gasteiger partial charge in [0.2, 0.25) is 0 Å². The second kappa shape index (κ2) is 8.69. The molecule has 4 rings (SSSR count). The summed E-state index contributed by atoms with van der Waals surface area (Å²) in [7, 11) is 3.10. The molecule has 0 saturated carbocycles. The van der Waals surface area contributed by atoms with Crippen LogP contribution in [0.25, 0.3) is 10.2 Å². The fraction of sp³-hybridized carbons (Fsp3) is 0.136. The number of pyridine rings is 1. The van der Waals surface area contributed by atoms with E-state index < -0.39 is 0 Å². The van der Waals surface area contributed by atoms with Crippen molar-refractivity contribution < 1.29 is 14.3 Å². The maximum absolute atomic E-state index is 13.6. The van der Waals surface area contributed by atoms with E-state index in [0.29, 0.717) is 33.8 Å². The molecule has 2 aromatic heterocycles. The van der Waals surface area contributed by atoms with Crippen molar-refractivity contribution in [2.24, 2.45) is 0 Å². The first-order valence-corrected chi connectivity index (χ1v) is 10.3. The molecule has 0 radical (unpaired) electrons. The highest BCUT2D eigenvalue weighted by Crippen LogP contribution is 2.33. The molecule has 0 aliphatic carbocycles. The van der Waals surface area contributed by atoms with Crippen LogP contribution in [0, 0.1) is 0 Å². The molecule has 2 heterocycles. The van der Waals surface area contributed by atoms with Gasteiger partial charge >= 0.3 is 0 Å². The highest BCUT2D eigenvalue weighted by molar-refractivity contribution is 7.22. The Morgan fingerprint density at radius 1 is 1.10 bits per heavy atom. The van der Waals surface area contributed by atoms with Crippen molar-refractivity contribution in [2.75, 3.05) is 19.1 Å². The van der Waals surface area contributed by atoms with E-state index in [2.05, 4.69) is 9.97 Å². The Bertz CT molecular complexity index is 1170. The number of carbonyl (C=O) groups excluding carboxylic acids is 1. The number of aromatic nitrogens is 2. The first-order valence-electron chi connectivity index (χ1n) is 9.07. The van der Waals surface area contributed by atoms with Crippen LogP contribution < -0.4 is 14.4 Å². The van der Waals surface area contributed by atoms with Gasteiger partial charge in [0.1, 0.15) is 11.5 Å². The van der Waals surface area contributed by atoms with E-state index in [-0.39, 0.29) is 5.91 Å². The SMILES string of the molecule is COc1cc(OC)cc(C(=O)N(Cc2cccnc2)c2nc3ccc(Cl)cc3s2)c1. The Balaban J connectivity index is 1.79. The minimum absolute atomic E-state index is 0.221. The smallest absolute Gasteiger partial charge is 0.260 e. The predicted octanol–water partition coefficient (Wildman–Crippen LogP) is 5.21. The van der Waals surface area contributed by atoms with Crippen LogP contribution in [-0.2, 0) is 6.54 Å². The molecule has 8 heteroatoms. The second-order valence-corrected chi connectivity index (χ2v) is 7.91. The molecule has 0 aliphatic rings. The van der Waals surface area contributed by atoms with E-state index in [4.69, 9.17) is 21.1 Å². The summed E-state index contributed by atoms with van der Waals surface area (Å²) in [4.78, 5) is 24.0. The molecule has 2 aromatic carbocycles. The summed E-state index contributed by atoms with van der Waals surface area (Å²) in [5, 5.41) is 1.20. The van der Waals surface area contributed by atoms with Crippen LogP contribution in [0.1, 0.15) is 15.9 Å². The number of amides is 1. The Hall–Kier alpha value is -3.16. The molecule has 0 bridgehead atoms. The van der Waals surface area contributed by atoms with Gasteiger partial charge < -0.3 is 9.47 Å². The van der Waals surface area contributed by atoms with Crippen LogP contribution in [0.5, 0.6) is 11.5 Å². The van der Waals surface area contributed by atoms with E-state index in [0.717, 1.165) is 15.8 Å². The molecule has 6 nitrogen and oxygen atoms in total. The van der Waals surface area contributed by atoms with Gasteiger partial charge in [-0.05, 0) is 42.0 Å². The number of thiazole rings is 1. The monoisotopic (exact) mass is 439 g/mol. The minimum Gasteiger partial charge on any atom is -0.497 e. The molecule has 1 amide bonds. The van der Waals surface area contributed by atoms with Crippen molar-refractivity contribution in [3.63, 3.8) is 0 Å². The normalized spacial score (nSPS) is 10.8. The molecule has 0 spiro atoms. The van der Waals surface area contributed by atoms with Crippen LogP contribution in [0.15, 0.2) is 60.9 Å². The highest BCUT2D eigenvalue weighted by atomic mass is 35.5. The topological polar surface area (TPSA) is 64.6 Å². The molecule has 30 heavy (non-hydrogen) atoms. The average Bonchev–Trinajstić information content (AvgIpc) is 3.20. The second-order valence-electron chi connectivity index (χ2n) is 6.46. The van der Waals surface area contributed by atoms with Crippen LogP contribution in [0.3, 0.4) is 0 Å². The molecule has 0 unspecified atom stereocenters. The lowest BCUT2D eigenvalue weighted by Gasteiger charge is -2.20. The number of methoxy groups -OCH3 is 2. The number of hydrogen-bond donors (Lipinski definition) is 0. The number of ether oxygens (including phenoxy) is 2. The van der Waals surface area contributed by atoms with Crippen molar-refractivity contribution in [3.05, 3.63) is 77.1 Å². The zero-order valence-electron chi connectivity index (χ0n) is 16.3. The Labute approximate surface area is 182 Å². The van der Waals surface area contributed by atoms with Gasteiger partial charge in [-0.15, -0.1) is 0 Å². The fourth-order valence-electron chi connectivity index (χ4n) is 2.99. The summed E-state index contributed by atoms with van der Waals surface area (Å²) in [6, 6.07) is 14.3. The third-order valence-corrected chi connectivity index (χ3v) is 5.75. The number of carbonyl (C=O) groups is 1. The summed E-state index contributed by atoms with van der Waals surface area (Å²) in [6.07, 6.45) is 3.43. The summed E-state index contributed by atoms with van der Waals surface area (Å²) in [5.74, 6) is 0.853. The first-order chi connectivity index (χ1) is 14.6. The van der Waals surface area contributed by atoms with Crippen molar-refractivity contribution in [1.29, 1.82) is 0 Å². The molecule has 0 saturated heterocycles. The average molecular weight is 440 g/mol. The third-order valence-electron chi connectivity index (χ3n) is 4.48. The molecule has 0 atom stereocenters. The van der Waals surface area contributed by atoms with Gasteiger partial charge in [-0.1, -0.05) is 29.0 Å². The van der Waals surface area contributed by atoms with Crippen LogP contribution in [-0.4, -0.2) is 30.1 Å². The highest BCUT2D eigenvalue weighted by Gasteiger charge is 2.23. The molecule has 0 fully saturated rings. The summed E-state index contributed by atoms with van der Waals surface area (Å²) in [5.41, 5.74) is 2.11. The van der Waals surface area contributed by atoms with Gasteiger partial charge in [0.15, 0.2) is 5.13 Å². The standard InChI is InChI=1S/C22H18ClN3O3S/c1-28-17-8-15(9-18(11-17)29-2)21(27)26(13-14-4-3-7-24-12-14)22-25-19-6-5-16(23)10-20(19)30-22/h3-12H,13H2,1-2H3. The number of benzene rings is 2. The number of anilines is 1. The number of hydrogen-bond acceptors (Lipinski definition) is 6. The summed E-state index contributed by atoms with van der Waals surface area (Å²) >= 11 is 7.53. The van der Waals surface area contributed by atoms with Crippen molar-refractivity contribution in [2.45, 2.75) is 6.54 Å². The van der Waals surface area contributed by atoms with Gasteiger partial charge in [0.25, 0.3) is 5.91 Å². The quantitative estimate of drug-likeness (QED) is 0.412. The van der Waals surface area contributed by atoms with E-state index in [9.17, 15) is 4.79 Å². The zero-order chi connectivity index (χ0) is 21.1. The lowest BCUT2D eigenvalue weighted by atomic mass is 10.1. The number of nitrogens with zero attached hydrogens (tertiary/aromatic N) is 3. The van der Waals surface area contributed by atoms with Gasteiger partial charge in [0.05, 0.1) is 31.0 Å². The van der Waals surface area contributed by atoms with Crippen molar-refractivity contribution >= 4 is 44.2 Å². The predicted molar refractivity (Wildman–Crippen MR) is 119 cm³/mol. The summed E-state index contributed by atoms with van der Waals surface area (Å²) < 4.78 is 11.6. The maximum atomic E-state index is 13.6. The fourth-order valence-corrected chi connectivity index (χ4v) is 4.23. The lowest BCUT2D eigenvalue weighted by molar-refractivity contribution is 0.0984. The molecule has 0 N–H and O–H groups in total. The zero-order valence-corrected chi connectivity index (χ0v) is 17.9. The van der Waals surface area contributed by atoms with E-state index in [1.54, 1.807) is 55.8 Å². The van der Waals surface area contributed by atoms with E-state index in [1.165, 1.54) is 11.3 Å². The Morgan fingerprint density at radius 2 is 1.87 bits per heavy atom. The van der Waals surface area contributed by atoms with Crippen LogP contribution in [0.2, 0.25) is 5.02 Å². The van der Waals surface area contributed by atoms with Crippen LogP contribution in [0.4, 0.5) is 5.13 Å². The lowest BCUT2D eigenvalue weighted by Crippen LogP contribution is -2.30. The summed E-state index contributed by atoms with van der Waals surface area (Å²) in [6.45, 7) is 0.319. The van der Waals surface area contributed by atoms with Gasteiger partial charge in [0, 0.05) is 29.0 Å². The van der Waals surface area contributed by atoms with Crippen molar-refractivity contribution in [3.8, 4) is 11.5 Å². The number of rotatable bonds is 6. The van der Waals surface area contributed by atoms with E-state index >= 15 is 0 Å². The minimum atomic E-state index is -0.221. The van der Waals surface area contributed by atoms with Gasteiger partial charge in [-0.25, -0.2) is 4.98 Å². The first kappa shape index (κ1) is 20.1. The number of fused-ring (bicyclic) bond motifs is 1. The van der Waals surface area contributed by atoms with E-state index in [1.807, 2.05) is 24.3 Å². The molecule has 4 aromatic rings. The van der Waals surface area contributed by atoms with Crippen LogP contribution >= 0.6 is 22.9 Å². The number of halogens is 1. The maximum Gasteiger partial charge on any atom is 0.260 e. The Morgan fingerprint density at radius 3 is 2.53 bits per heavy atom. The molecule has 0 aliphatic heterocycles. The molecule has 152 valence electrons. The van der Waals surface area contributed by atoms with Gasteiger partial charge in [-0.3, -0.25) is 14.7 Å².